The molecule has 3 aromatic rings. The molecule has 2 atom stereocenters. The van der Waals surface area contributed by atoms with Crippen LogP contribution in [-0.2, 0) is 10.3 Å². The first-order valence-electron chi connectivity index (χ1n) is 10.9. The van der Waals surface area contributed by atoms with E-state index in [-0.39, 0.29) is 23.2 Å². The zero-order valence-corrected chi connectivity index (χ0v) is 19.3. The van der Waals surface area contributed by atoms with Crippen molar-refractivity contribution >= 4 is 10.9 Å². The Morgan fingerprint density at radius 2 is 2.00 bits per heavy atom. The van der Waals surface area contributed by atoms with E-state index in [0.717, 1.165) is 35.2 Å². The Bertz CT molecular complexity index is 1050. The molecule has 1 saturated heterocycles. The van der Waals surface area contributed by atoms with Gasteiger partial charge in [-0.1, -0.05) is 20.8 Å². The van der Waals surface area contributed by atoms with E-state index in [1.807, 2.05) is 35.3 Å². The number of hydrogen-bond donors (Lipinski definition) is 1. The summed E-state index contributed by atoms with van der Waals surface area (Å²) in [7, 11) is 0. The summed E-state index contributed by atoms with van der Waals surface area (Å²) in [5.74, 6) is 0.575. The van der Waals surface area contributed by atoms with E-state index in [4.69, 9.17) is 14.5 Å². The third-order valence-corrected chi connectivity index (χ3v) is 5.56. The molecule has 0 spiro atoms. The monoisotopic (exact) mass is 423 g/mol. The topological polar surface area (TPSA) is 74.1 Å². The molecule has 0 bridgehead atoms. The van der Waals surface area contributed by atoms with Gasteiger partial charge in [-0.05, 0) is 44.4 Å². The highest BCUT2D eigenvalue weighted by atomic mass is 16.5. The molecule has 166 valence electrons. The summed E-state index contributed by atoms with van der Waals surface area (Å²) >= 11 is 0. The van der Waals surface area contributed by atoms with Crippen molar-refractivity contribution in [2.75, 3.05) is 19.7 Å². The van der Waals surface area contributed by atoms with Gasteiger partial charge in [-0.3, -0.25) is 9.67 Å². The SMILES string of the molecule is CC(C)(C)[C@H]1CNC[C@@H](COc2nc(-c3cnn(C(C)(C)C)c3)cc3ncccc23)O1. The zero-order valence-electron chi connectivity index (χ0n) is 19.3. The molecule has 3 aromatic heterocycles. The number of nitrogens with zero attached hydrogens (tertiary/aromatic N) is 4. The molecular formula is C24H33N5O2. The number of nitrogens with one attached hydrogen (secondary N) is 1. The molecule has 7 nitrogen and oxygen atoms in total. The standard InChI is InChI=1S/C24H33N5O2/c1-23(2,3)21-13-25-12-17(31-21)15-30-22-18-8-7-9-26-20(18)10-19(28-22)16-11-27-29(14-16)24(4,5)6/h7-11,14,17,21,25H,12-13,15H2,1-6H3/t17-,21+/m0/s1. The number of morpholine rings is 1. The van der Waals surface area contributed by atoms with Crippen LogP contribution in [0, 0.1) is 5.41 Å². The number of aromatic nitrogens is 4. The first kappa shape index (κ1) is 21.7. The second-order valence-corrected chi connectivity index (χ2v) is 10.3. The average Bonchev–Trinajstić information content (AvgIpc) is 3.22. The van der Waals surface area contributed by atoms with Gasteiger partial charge < -0.3 is 14.8 Å². The fourth-order valence-corrected chi connectivity index (χ4v) is 3.61. The first-order chi connectivity index (χ1) is 14.6. The number of ether oxygens (including phenoxy) is 2. The maximum absolute atomic E-state index is 6.30. The molecule has 1 aliphatic heterocycles. The highest BCUT2D eigenvalue weighted by Gasteiger charge is 2.31. The third-order valence-electron chi connectivity index (χ3n) is 5.56. The molecule has 0 radical (unpaired) electrons. The molecule has 1 fully saturated rings. The summed E-state index contributed by atoms with van der Waals surface area (Å²) < 4.78 is 14.5. The van der Waals surface area contributed by atoms with E-state index < -0.39 is 0 Å². The minimum Gasteiger partial charge on any atom is -0.474 e. The van der Waals surface area contributed by atoms with E-state index in [1.165, 1.54) is 0 Å². The summed E-state index contributed by atoms with van der Waals surface area (Å²) in [6.45, 7) is 15.0. The van der Waals surface area contributed by atoms with Crippen molar-refractivity contribution in [1.82, 2.24) is 25.1 Å². The smallest absolute Gasteiger partial charge is 0.223 e. The van der Waals surface area contributed by atoms with Gasteiger partial charge in [0.25, 0.3) is 0 Å². The van der Waals surface area contributed by atoms with Crippen LogP contribution in [0.4, 0.5) is 0 Å². The normalized spacial score (nSPS) is 20.2. The maximum atomic E-state index is 6.30. The minimum absolute atomic E-state index is 0.0289. The van der Waals surface area contributed by atoms with Crippen LogP contribution in [-0.4, -0.2) is 51.7 Å². The van der Waals surface area contributed by atoms with Gasteiger partial charge in [-0.15, -0.1) is 0 Å². The van der Waals surface area contributed by atoms with Crippen molar-refractivity contribution in [2.24, 2.45) is 5.41 Å². The molecule has 0 aliphatic carbocycles. The molecule has 4 rings (SSSR count). The summed E-state index contributed by atoms with van der Waals surface area (Å²) in [5.41, 5.74) is 2.57. The molecule has 0 amide bonds. The molecule has 0 saturated carbocycles. The molecule has 1 N–H and O–H groups in total. The quantitative estimate of drug-likeness (QED) is 0.683. The Labute approximate surface area is 184 Å². The summed E-state index contributed by atoms with van der Waals surface area (Å²) in [6, 6.07) is 5.88. The lowest BCUT2D eigenvalue weighted by molar-refractivity contribution is -0.0992. The second-order valence-electron chi connectivity index (χ2n) is 10.3. The van der Waals surface area contributed by atoms with Crippen LogP contribution in [0.25, 0.3) is 22.2 Å². The summed E-state index contributed by atoms with van der Waals surface area (Å²) in [6.07, 6.45) is 5.77. The van der Waals surface area contributed by atoms with Gasteiger partial charge in [0.1, 0.15) is 12.7 Å². The van der Waals surface area contributed by atoms with Crippen LogP contribution in [0.1, 0.15) is 41.5 Å². The van der Waals surface area contributed by atoms with Gasteiger partial charge in [-0.2, -0.15) is 5.10 Å². The van der Waals surface area contributed by atoms with E-state index in [2.05, 4.69) is 56.9 Å². The largest absolute Gasteiger partial charge is 0.474 e. The van der Waals surface area contributed by atoms with Gasteiger partial charge in [0.15, 0.2) is 0 Å². The molecular weight excluding hydrogens is 390 g/mol. The van der Waals surface area contributed by atoms with Crippen LogP contribution < -0.4 is 10.1 Å². The predicted octanol–water partition coefficient (Wildman–Crippen LogP) is 4.03. The third kappa shape index (κ3) is 4.88. The number of hydrogen-bond acceptors (Lipinski definition) is 6. The van der Waals surface area contributed by atoms with Crippen molar-refractivity contribution in [3.05, 3.63) is 36.8 Å². The van der Waals surface area contributed by atoms with Gasteiger partial charge in [-0.25, -0.2) is 4.98 Å². The molecule has 31 heavy (non-hydrogen) atoms. The Balaban J connectivity index is 1.59. The highest BCUT2D eigenvalue weighted by molar-refractivity contribution is 5.86. The molecule has 7 heteroatoms. The van der Waals surface area contributed by atoms with Crippen LogP contribution >= 0.6 is 0 Å². The lowest BCUT2D eigenvalue weighted by atomic mass is 9.88. The summed E-state index contributed by atoms with van der Waals surface area (Å²) in [4.78, 5) is 9.36. The first-order valence-corrected chi connectivity index (χ1v) is 10.9. The van der Waals surface area contributed by atoms with Gasteiger partial charge in [0.2, 0.25) is 5.88 Å². The maximum Gasteiger partial charge on any atom is 0.223 e. The van der Waals surface area contributed by atoms with Crippen LogP contribution in [0.15, 0.2) is 36.8 Å². The van der Waals surface area contributed by atoms with Crippen LogP contribution in [0.5, 0.6) is 5.88 Å². The highest BCUT2D eigenvalue weighted by Crippen LogP contribution is 2.30. The van der Waals surface area contributed by atoms with Gasteiger partial charge >= 0.3 is 0 Å². The van der Waals surface area contributed by atoms with E-state index in [9.17, 15) is 0 Å². The summed E-state index contributed by atoms with van der Waals surface area (Å²) in [5, 5.41) is 8.88. The van der Waals surface area contributed by atoms with Crippen LogP contribution in [0.2, 0.25) is 0 Å². The van der Waals surface area contributed by atoms with Gasteiger partial charge in [0, 0.05) is 31.0 Å². The van der Waals surface area contributed by atoms with Crippen molar-refractivity contribution in [3.8, 4) is 17.1 Å². The number of fused-ring (bicyclic) bond motifs is 1. The Morgan fingerprint density at radius 3 is 2.71 bits per heavy atom. The second kappa shape index (κ2) is 8.20. The lowest BCUT2D eigenvalue weighted by Gasteiger charge is -2.38. The van der Waals surface area contributed by atoms with E-state index >= 15 is 0 Å². The minimum atomic E-state index is -0.0956. The Morgan fingerprint density at radius 1 is 1.19 bits per heavy atom. The lowest BCUT2D eigenvalue weighted by Crippen LogP contribution is -2.51. The number of rotatable bonds is 4. The average molecular weight is 424 g/mol. The van der Waals surface area contributed by atoms with E-state index in [0.29, 0.717) is 12.5 Å². The fourth-order valence-electron chi connectivity index (χ4n) is 3.61. The Hall–Kier alpha value is -2.51. The fraction of sp³-hybridized carbons (Fsp3) is 0.542. The van der Waals surface area contributed by atoms with Crippen molar-refractivity contribution in [2.45, 2.75) is 59.3 Å². The molecule has 0 unspecified atom stereocenters. The zero-order chi connectivity index (χ0) is 22.2. The van der Waals surface area contributed by atoms with Crippen molar-refractivity contribution in [3.63, 3.8) is 0 Å². The van der Waals surface area contributed by atoms with Crippen molar-refractivity contribution in [1.29, 1.82) is 0 Å². The van der Waals surface area contributed by atoms with Crippen molar-refractivity contribution < 1.29 is 9.47 Å². The van der Waals surface area contributed by atoms with E-state index in [1.54, 1.807) is 6.20 Å². The molecule has 0 aromatic carbocycles. The van der Waals surface area contributed by atoms with Crippen LogP contribution in [0.3, 0.4) is 0 Å². The molecule has 1 aliphatic rings. The molecule has 4 heterocycles. The Kier molecular flexibility index (Phi) is 5.75. The number of pyridine rings is 2. The van der Waals surface area contributed by atoms with Gasteiger partial charge in [0.05, 0.1) is 34.4 Å². The predicted molar refractivity (Wildman–Crippen MR) is 122 cm³/mol.